The van der Waals surface area contributed by atoms with Crippen molar-refractivity contribution in [3.05, 3.63) is 146 Å². The molecule has 3 heterocycles. The van der Waals surface area contributed by atoms with Crippen LogP contribution in [0.15, 0.2) is 155 Å². The predicted molar refractivity (Wildman–Crippen MR) is 176 cm³/mol. The highest BCUT2D eigenvalue weighted by Crippen LogP contribution is 2.44. The van der Waals surface area contributed by atoms with E-state index in [1.807, 2.05) is 42.6 Å². The molecule has 0 spiro atoms. The SMILES string of the molecule is c1ccc(-c2ccc(N(c3cnc4c(c3)oc3cc5ccccc5cc34)c3cccc4oc5ccccc5c34)cc2)cc1. The highest BCUT2D eigenvalue weighted by Gasteiger charge is 2.21. The molecule has 0 fully saturated rings. The van der Waals surface area contributed by atoms with Crippen molar-refractivity contribution in [3.8, 4) is 11.1 Å². The fourth-order valence-corrected chi connectivity index (χ4v) is 6.25. The summed E-state index contributed by atoms with van der Waals surface area (Å²) >= 11 is 0. The number of fused-ring (bicyclic) bond motifs is 7. The number of rotatable bonds is 4. The van der Waals surface area contributed by atoms with Crippen LogP contribution in [0.4, 0.5) is 17.1 Å². The van der Waals surface area contributed by atoms with Gasteiger partial charge in [-0.25, -0.2) is 4.98 Å². The molecule has 0 atom stereocenters. The molecule has 6 aromatic carbocycles. The largest absolute Gasteiger partial charge is 0.456 e. The molecule has 0 saturated carbocycles. The molecule has 0 radical (unpaired) electrons. The average molecular weight is 553 g/mol. The molecule has 9 rings (SSSR count). The van der Waals surface area contributed by atoms with Crippen molar-refractivity contribution in [2.75, 3.05) is 4.90 Å². The first kappa shape index (κ1) is 23.8. The van der Waals surface area contributed by atoms with Crippen LogP contribution in [0.1, 0.15) is 0 Å². The van der Waals surface area contributed by atoms with E-state index in [4.69, 9.17) is 13.8 Å². The average Bonchev–Trinajstić information content (AvgIpc) is 3.62. The lowest BCUT2D eigenvalue weighted by molar-refractivity contribution is 0.668. The van der Waals surface area contributed by atoms with Crippen molar-refractivity contribution in [1.29, 1.82) is 0 Å². The Bertz CT molecular complexity index is 2450. The van der Waals surface area contributed by atoms with Gasteiger partial charge in [-0.1, -0.05) is 91.0 Å². The minimum absolute atomic E-state index is 0.748. The number of anilines is 3. The van der Waals surface area contributed by atoms with E-state index in [1.54, 1.807) is 0 Å². The summed E-state index contributed by atoms with van der Waals surface area (Å²) in [6, 6.07) is 48.2. The quantitative estimate of drug-likeness (QED) is 0.218. The summed E-state index contributed by atoms with van der Waals surface area (Å²) in [6.07, 6.45) is 1.94. The first-order chi connectivity index (χ1) is 21.3. The van der Waals surface area contributed by atoms with Gasteiger partial charge >= 0.3 is 0 Å². The van der Waals surface area contributed by atoms with Crippen molar-refractivity contribution in [2.45, 2.75) is 0 Å². The zero-order valence-electron chi connectivity index (χ0n) is 23.1. The van der Waals surface area contributed by atoms with E-state index in [9.17, 15) is 0 Å². The standard InChI is InChI=1S/C39H24N2O2/c1-2-9-25(10-3-1)26-17-19-29(20-18-26)41(33-14-8-16-35-38(33)31-13-6-7-15-34(31)42-35)30-23-37-39(40-24-30)32-21-27-11-4-5-12-28(27)22-36(32)43-37/h1-24H. The molecule has 3 aromatic heterocycles. The van der Waals surface area contributed by atoms with Crippen LogP contribution in [0, 0.1) is 0 Å². The maximum absolute atomic E-state index is 6.44. The molecule has 0 bridgehead atoms. The molecule has 0 N–H and O–H groups in total. The highest BCUT2D eigenvalue weighted by molar-refractivity contribution is 6.14. The summed E-state index contributed by atoms with van der Waals surface area (Å²) in [6.45, 7) is 0. The zero-order valence-corrected chi connectivity index (χ0v) is 23.1. The number of pyridine rings is 1. The van der Waals surface area contributed by atoms with Crippen molar-refractivity contribution in [3.63, 3.8) is 0 Å². The Kier molecular flexibility index (Phi) is 5.16. The van der Waals surface area contributed by atoms with Gasteiger partial charge in [0.1, 0.15) is 22.3 Å². The second-order valence-corrected chi connectivity index (χ2v) is 10.8. The summed E-state index contributed by atoms with van der Waals surface area (Å²) in [5, 5.41) is 5.46. The topological polar surface area (TPSA) is 42.4 Å². The predicted octanol–water partition coefficient (Wildman–Crippen LogP) is 11.2. The lowest BCUT2D eigenvalue weighted by atomic mass is 10.0. The molecule has 4 nitrogen and oxygen atoms in total. The molecule has 0 aliphatic heterocycles. The third-order valence-corrected chi connectivity index (χ3v) is 8.27. The number of furan rings is 2. The first-order valence-electron chi connectivity index (χ1n) is 14.4. The molecular formula is C39H24N2O2. The molecule has 0 aliphatic rings. The molecule has 4 heteroatoms. The first-order valence-corrected chi connectivity index (χ1v) is 14.4. The molecule has 0 amide bonds. The van der Waals surface area contributed by atoms with Gasteiger partial charge in [0.25, 0.3) is 0 Å². The Labute approximate surface area is 247 Å². The van der Waals surface area contributed by atoms with Crippen LogP contribution < -0.4 is 4.90 Å². The van der Waals surface area contributed by atoms with Gasteiger partial charge in [0.15, 0.2) is 5.58 Å². The van der Waals surface area contributed by atoms with Gasteiger partial charge in [0.2, 0.25) is 0 Å². The summed E-state index contributed by atoms with van der Waals surface area (Å²) in [5.74, 6) is 0. The number of hydrogen-bond donors (Lipinski definition) is 0. The normalized spacial score (nSPS) is 11.7. The highest BCUT2D eigenvalue weighted by atomic mass is 16.3. The molecular weight excluding hydrogens is 528 g/mol. The van der Waals surface area contributed by atoms with Gasteiger partial charge in [-0.05, 0) is 64.4 Å². The van der Waals surface area contributed by atoms with Gasteiger partial charge in [0.05, 0.1) is 23.0 Å². The maximum Gasteiger partial charge on any atom is 0.155 e. The number of nitrogens with zero attached hydrogens (tertiary/aromatic N) is 2. The molecule has 0 saturated heterocycles. The van der Waals surface area contributed by atoms with Crippen LogP contribution in [-0.4, -0.2) is 4.98 Å². The Hall–Kier alpha value is -5.87. The lowest BCUT2D eigenvalue weighted by Crippen LogP contribution is -2.10. The monoisotopic (exact) mass is 552 g/mol. The Balaban J connectivity index is 1.27. The zero-order chi connectivity index (χ0) is 28.3. The summed E-state index contributed by atoms with van der Waals surface area (Å²) < 4.78 is 12.7. The van der Waals surface area contributed by atoms with Crippen LogP contribution in [0.25, 0.3) is 65.9 Å². The van der Waals surface area contributed by atoms with Gasteiger partial charge in [-0.3, -0.25) is 0 Å². The Morgan fingerprint density at radius 1 is 0.465 bits per heavy atom. The lowest BCUT2D eigenvalue weighted by Gasteiger charge is -2.26. The van der Waals surface area contributed by atoms with Crippen LogP contribution in [-0.2, 0) is 0 Å². The second-order valence-electron chi connectivity index (χ2n) is 10.8. The van der Waals surface area contributed by atoms with Gasteiger partial charge in [-0.15, -0.1) is 0 Å². The minimum Gasteiger partial charge on any atom is -0.456 e. The molecule has 202 valence electrons. The molecule has 0 aliphatic carbocycles. The number of hydrogen-bond acceptors (Lipinski definition) is 4. The summed E-state index contributed by atoms with van der Waals surface area (Å²) in [4.78, 5) is 7.23. The Morgan fingerprint density at radius 3 is 2.02 bits per heavy atom. The van der Waals surface area contributed by atoms with Gasteiger partial charge in [-0.2, -0.15) is 0 Å². The van der Waals surface area contributed by atoms with Crippen molar-refractivity contribution in [2.24, 2.45) is 0 Å². The third-order valence-electron chi connectivity index (χ3n) is 8.27. The minimum atomic E-state index is 0.748. The third kappa shape index (κ3) is 3.81. The fraction of sp³-hybridized carbons (Fsp3) is 0. The molecule has 43 heavy (non-hydrogen) atoms. The Morgan fingerprint density at radius 2 is 1.16 bits per heavy atom. The maximum atomic E-state index is 6.44. The van der Waals surface area contributed by atoms with Crippen LogP contribution in [0.5, 0.6) is 0 Å². The van der Waals surface area contributed by atoms with Crippen LogP contribution in [0.3, 0.4) is 0 Å². The molecule has 9 aromatic rings. The van der Waals surface area contributed by atoms with E-state index in [0.717, 1.165) is 72.0 Å². The van der Waals surface area contributed by atoms with E-state index in [2.05, 4.69) is 108 Å². The van der Waals surface area contributed by atoms with E-state index in [1.165, 1.54) is 10.9 Å². The van der Waals surface area contributed by atoms with E-state index < -0.39 is 0 Å². The van der Waals surface area contributed by atoms with Crippen molar-refractivity contribution < 1.29 is 8.83 Å². The van der Waals surface area contributed by atoms with Crippen LogP contribution in [0.2, 0.25) is 0 Å². The molecule has 0 unspecified atom stereocenters. The van der Waals surface area contributed by atoms with E-state index >= 15 is 0 Å². The fourth-order valence-electron chi connectivity index (χ4n) is 6.25. The van der Waals surface area contributed by atoms with E-state index in [-0.39, 0.29) is 0 Å². The number of aromatic nitrogens is 1. The van der Waals surface area contributed by atoms with Crippen molar-refractivity contribution in [1.82, 2.24) is 4.98 Å². The van der Waals surface area contributed by atoms with E-state index in [0.29, 0.717) is 0 Å². The number of para-hydroxylation sites is 1. The summed E-state index contributed by atoms with van der Waals surface area (Å²) in [7, 11) is 0. The smallest absolute Gasteiger partial charge is 0.155 e. The van der Waals surface area contributed by atoms with Crippen LogP contribution >= 0.6 is 0 Å². The van der Waals surface area contributed by atoms with Gasteiger partial charge in [0, 0.05) is 22.5 Å². The van der Waals surface area contributed by atoms with Gasteiger partial charge < -0.3 is 13.7 Å². The second kappa shape index (κ2) is 9.33. The number of benzene rings is 6. The van der Waals surface area contributed by atoms with Crippen molar-refractivity contribution >= 4 is 71.8 Å². The summed E-state index contributed by atoms with van der Waals surface area (Å²) in [5.41, 5.74) is 9.42.